The summed E-state index contributed by atoms with van der Waals surface area (Å²) in [5.74, 6) is 3.22. The molecule has 6 nitrogen and oxygen atoms in total. The molecule has 5 rings (SSSR count). The van der Waals surface area contributed by atoms with Crippen molar-refractivity contribution in [1.29, 1.82) is 0 Å². The van der Waals surface area contributed by atoms with E-state index in [-0.39, 0.29) is 5.78 Å². The fraction of sp³-hybridized carbons (Fsp3) is 0.750. The molecule has 34 heavy (non-hydrogen) atoms. The topological polar surface area (TPSA) is 63.1 Å². The molecule has 2 saturated carbocycles. The zero-order valence-corrected chi connectivity index (χ0v) is 21.1. The Morgan fingerprint density at radius 2 is 1.59 bits per heavy atom. The van der Waals surface area contributed by atoms with Crippen LogP contribution < -0.4 is 5.32 Å². The van der Waals surface area contributed by atoms with Gasteiger partial charge in [-0.3, -0.25) is 4.79 Å². The van der Waals surface area contributed by atoms with Crippen LogP contribution in [-0.4, -0.2) is 51.6 Å². The van der Waals surface area contributed by atoms with Gasteiger partial charge in [0.25, 0.3) is 0 Å². The van der Waals surface area contributed by atoms with Gasteiger partial charge in [-0.15, -0.1) is 0 Å². The zero-order chi connectivity index (χ0) is 23.3. The van der Waals surface area contributed by atoms with Gasteiger partial charge >= 0.3 is 0 Å². The fourth-order valence-corrected chi connectivity index (χ4v) is 6.54. The molecular weight excluding hydrogens is 422 g/mol. The molecule has 0 radical (unpaired) electrons. The molecule has 0 atom stereocenters. The van der Waals surface area contributed by atoms with Gasteiger partial charge in [-0.1, -0.05) is 38.5 Å². The Bertz CT molecular complexity index is 949. The third kappa shape index (κ3) is 5.81. The van der Waals surface area contributed by atoms with Crippen molar-refractivity contribution in [1.82, 2.24) is 19.7 Å². The second kappa shape index (κ2) is 11.2. The van der Waals surface area contributed by atoms with E-state index < -0.39 is 0 Å². The smallest absolute Gasteiger partial charge is 0.184 e. The molecule has 0 bridgehead atoms. The summed E-state index contributed by atoms with van der Waals surface area (Å²) in [6, 6.07) is 4.06. The molecule has 0 amide bonds. The Hall–Kier alpha value is -1.95. The quantitative estimate of drug-likeness (QED) is 0.497. The van der Waals surface area contributed by atoms with Crippen LogP contribution in [-0.2, 0) is 7.05 Å². The maximum absolute atomic E-state index is 13.2. The summed E-state index contributed by atoms with van der Waals surface area (Å²) in [4.78, 5) is 20.7. The van der Waals surface area contributed by atoms with Gasteiger partial charge in [0, 0.05) is 26.6 Å². The maximum Gasteiger partial charge on any atom is 0.184 e. The summed E-state index contributed by atoms with van der Waals surface area (Å²) >= 11 is 0. The molecule has 0 aromatic carbocycles. The molecule has 6 heteroatoms. The minimum atomic E-state index is 0.182. The number of pyridine rings is 1. The number of nitrogens with zero attached hydrogens (tertiary/aromatic N) is 4. The normalized spacial score (nSPS) is 21.8. The van der Waals surface area contributed by atoms with Crippen molar-refractivity contribution in [3.63, 3.8) is 0 Å². The van der Waals surface area contributed by atoms with Gasteiger partial charge in [0.2, 0.25) is 0 Å². The first-order valence-electron chi connectivity index (χ1n) is 14.0. The van der Waals surface area contributed by atoms with Crippen LogP contribution in [0.15, 0.2) is 12.1 Å². The van der Waals surface area contributed by atoms with Crippen LogP contribution in [0.4, 0.5) is 5.82 Å². The molecule has 0 spiro atoms. The van der Waals surface area contributed by atoms with Crippen LogP contribution in [0.2, 0.25) is 0 Å². The van der Waals surface area contributed by atoms with Crippen LogP contribution >= 0.6 is 0 Å². The number of hydrogen-bond acceptors (Lipinski definition) is 5. The number of aryl methyl sites for hydroxylation is 1. The van der Waals surface area contributed by atoms with Crippen molar-refractivity contribution >= 4 is 22.6 Å². The van der Waals surface area contributed by atoms with Gasteiger partial charge in [-0.25, -0.2) is 9.67 Å². The first-order valence-corrected chi connectivity index (χ1v) is 14.0. The number of aromatic nitrogens is 3. The predicted octanol–water partition coefficient (Wildman–Crippen LogP) is 5.83. The number of fused-ring (bicyclic) bond motifs is 1. The Balaban J connectivity index is 1.15. The number of likely N-dealkylation sites (tertiary alicyclic amines) is 1. The number of carbonyl (C=O) groups excluding carboxylic acids is 1. The van der Waals surface area contributed by atoms with Crippen LogP contribution in [0.5, 0.6) is 0 Å². The van der Waals surface area contributed by atoms with E-state index in [1.54, 1.807) is 4.68 Å². The van der Waals surface area contributed by atoms with Crippen LogP contribution in [0.25, 0.3) is 11.0 Å². The molecule has 0 unspecified atom stereocenters. The average Bonchev–Trinajstić information content (AvgIpc) is 3.21. The highest BCUT2D eigenvalue weighted by Gasteiger charge is 2.26. The first kappa shape index (κ1) is 23.8. The van der Waals surface area contributed by atoms with Gasteiger partial charge < -0.3 is 10.2 Å². The summed E-state index contributed by atoms with van der Waals surface area (Å²) < 4.78 is 1.78. The van der Waals surface area contributed by atoms with Gasteiger partial charge in [-0.05, 0) is 81.5 Å². The minimum Gasteiger partial charge on any atom is -0.370 e. The Morgan fingerprint density at radius 1 is 0.912 bits per heavy atom. The number of rotatable bonds is 8. The van der Waals surface area contributed by atoms with Crippen molar-refractivity contribution in [3.8, 4) is 0 Å². The average molecular weight is 466 g/mol. The molecule has 1 saturated heterocycles. The Morgan fingerprint density at radius 3 is 2.29 bits per heavy atom. The van der Waals surface area contributed by atoms with Crippen molar-refractivity contribution in [2.24, 2.45) is 24.8 Å². The van der Waals surface area contributed by atoms with Crippen LogP contribution in [0.1, 0.15) is 94.0 Å². The number of piperidine rings is 1. The van der Waals surface area contributed by atoms with E-state index >= 15 is 0 Å². The van der Waals surface area contributed by atoms with Crippen LogP contribution in [0, 0.1) is 17.8 Å². The van der Waals surface area contributed by atoms with Gasteiger partial charge in [0.05, 0.1) is 5.39 Å². The van der Waals surface area contributed by atoms with Crippen molar-refractivity contribution in [2.75, 3.05) is 31.5 Å². The number of Topliss-reactive ketones (excluding diaryl/α,β-unsaturated/α-hetero) is 1. The summed E-state index contributed by atoms with van der Waals surface area (Å²) in [6.45, 7) is 4.56. The third-order valence-corrected chi connectivity index (χ3v) is 8.67. The standard InChI is InChI=1S/C28H43N5O/c1-32-28-24(12-13-26(30-28)29-19-22-8-4-2-5-9-22)27(31-32)25(34)18-21-14-16-33(17-15-21)20-23-10-6-3-7-11-23/h12-13,21-23H,2-11,14-20H2,1H3,(H,29,30). The molecular formula is C28H43N5O. The van der Waals surface area contributed by atoms with Gasteiger partial charge in [-0.2, -0.15) is 5.10 Å². The Kier molecular flexibility index (Phi) is 7.83. The van der Waals surface area contributed by atoms with Crippen molar-refractivity contribution < 1.29 is 4.79 Å². The number of ketones is 1. The number of nitrogens with one attached hydrogen (secondary N) is 1. The molecule has 3 heterocycles. The summed E-state index contributed by atoms with van der Waals surface area (Å²) in [6.07, 6.45) is 16.7. The highest BCUT2D eigenvalue weighted by atomic mass is 16.1. The molecule has 2 aromatic heterocycles. The molecule has 1 N–H and O–H groups in total. The highest BCUT2D eigenvalue weighted by molar-refractivity contribution is 6.05. The molecule has 2 aromatic rings. The second-order valence-electron chi connectivity index (χ2n) is 11.3. The summed E-state index contributed by atoms with van der Waals surface area (Å²) in [5.41, 5.74) is 1.41. The number of carbonyl (C=O) groups is 1. The lowest BCUT2D eigenvalue weighted by molar-refractivity contribution is 0.0910. The second-order valence-corrected chi connectivity index (χ2v) is 11.3. The number of hydrogen-bond donors (Lipinski definition) is 1. The van der Waals surface area contributed by atoms with E-state index in [0.717, 1.165) is 61.2 Å². The van der Waals surface area contributed by atoms with E-state index in [0.29, 0.717) is 18.0 Å². The minimum absolute atomic E-state index is 0.182. The lowest BCUT2D eigenvalue weighted by Gasteiger charge is -2.35. The van der Waals surface area contributed by atoms with E-state index in [1.807, 2.05) is 19.2 Å². The van der Waals surface area contributed by atoms with Gasteiger partial charge in [0.15, 0.2) is 11.4 Å². The summed E-state index contributed by atoms with van der Waals surface area (Å²) in [5, 5.41) is 9.03. The molecule has 3 aliphatic rings. The molecule has 186 valence electrons. The van der Waals surface area contributed by atoms with E-state index in [1.165, 1.54) is 70.8 Å². The summed E-state index contributed by atoms with van der Waals surface area (Å²) in [7, 11) is 1.90. The van der Waals surface area contributed by atoms with Crippen molar-refractivity contribution in [2.45, 2.75) is 83.5 Å². The monoisotopic (exact) mass is 465 g/mol. The highest BCUT2D eigenvalue weighted by Crippen LogP contribution is 2.29. The lowest BCUT2D eigenvalue weighted by Crippen LogP contribution is -2.38. The first-order chi connectivity index (χ1) is 16.7. The predicted molar refractivity (Wildman–Crippen MR) is 138 cm³/mol. The third-order valence-electron chi connectivity index (χ3n) is 8.67. The largest absolute Gasteiger partial charge is 0.370 e. The SMILES string of the molecule is Cn1nc(C(=O)CC2CCN(CC3CCCCC3)CC2)c2ccc(NCC3CCCCC3)nc21. The lowest BCUT2D eigenvalue weighted by atomic mass is 9.87. The van der Waals surface area contributed by atoms with Crippen LogP contribution in [0.3, 0.4) is 0 Å². The molecule has 1 aliphatic heterocycles. The Labute approximate surface area is 204 Å². The molecule has 2 aliphatic carbocycles. The van der Waals surface area contributed by atoms with Crippen molar-refractivity contribution in [3.05, 3.63) is 17.8 Å². The van der Waals surface area contributed by atoms with Gasteiger partial charge in [0.1, 0.15) is 11.5 Å². The van der Waals surface area contributed by atoms with E-state index in [4.69, 9.17) is 4.98 Å². The fourth-order valence-electron chi connectivity index (χ4n) is 6.54. The number of anilines is 1. The zero-order valence-electron chi connectivity index (χ0n) is 21.1. The van der Waals surface area contributed by atoms with E-state index in [2.05, 4.69) is 15.3 Å². The maximum atomic E-state index is 13.2. The van der Waals surface area contributed by atoms with E-state index in [9.17, 15) is 4.79 Å². The molecule has 3 fully saturated rings.